The Bertz CT molecular complexity index is 1110. The number of amides is 1. The number of hydrogen-bond donors (Lipinski definition) is 1. The van der Waals surface area contributed by atoms with Crippen LogP contribution in [0.5, 0.6) is 0 Å². The monoisotopic (exact) mass is 469 g/mol. The number of aromatic nitrogens is 2. The standard InChI is InChI=1S/C20H15ClF3N3O3S/c1-11-17(18(21)27(26-11)13-8-6-12(22)7-9-13)19(29)30-10-16(28)25-14-4-2-3-5-15(14)31-20(23)24/h2-9,20H,10H2,1H3,(H,25,28). The van der Waals surface area contributed by atoms with Crippen molar-refractivity contribution in [3.8, 4) is 5.69 Å². The van der Waals surface area contributed by atoms with Crippen molar-refractivity contribution in [2.24, 2.45) is 0 Å². The predicted octanol–water partition coefficient (Wildman–Crippen LogP) is 5.08. The van der Waals surface area contributed by atoms with Crippen LogP contribution in [-0.2, 0) is 9.53 Å². The van der Waals surface area contributed by atoms with Gasteiger partial charge in [-0.2, -0.15) is 13.9 Å². The van der Waals surface area contributed by atoms with Gasteiger partial charge in [-0.15, -0.1) is 0 Å². The lowest BCUT2D eigenvalue weighted by atomic mass is 10.2. The van der Waals surface area contributed by atoms with Gasteiger partial charge in [0.15, 0.2) is 6.61 Å². The topological polar surface area (TPSA) is 73.2 Å². The maximum atomic E-state index is 13.1. The average molecular weight is 470 g/mol. The van der Waals surface area contributed by atoms with Crippen LogP contribution >= 0.6 is 23.4 Å². The summed E-state index contributed by atoms with van der Waals surface area (Å²) in [5.74, 6) is -4.70. The molecule has 0 aliphatic heterocycles. The first-order chi connectivity index (χ1) is 14.8. The number of ether oxygens (including phenoxy) is 1. The lowest BCUT2D eigenvalue weighted by Crippen LogP contribution is -2.21. The van der Waals surface area contributed by atoms with E-state index >= 15 is 0 Å². The van der Waals surface area contributed by atoms with Crippen LogP contribution < -0.4 is 5.32 Å². The Morgan fingerprint density at radius 3 is 2.55 bits per heavy atom. The molecule has 0 atom stereocenters. The molecule has 3 rings (SSSR count). The van der Waals surface area contributed by atoms with Gasteiger partial charge in [0.05, 0.1) is 17.1 Å². The van der Waals surface area contributed by atoms with E-state index in [2.05, 4.69) is 10.4 Å². The second-order valence-corrected chi connectivity index (χ2v) is 7.53. The van der Waals surface area contributed by atoms with Crippen LogP contribution in [0.1, 0.15) is 16.1 Å². The van der Waals surface area contributed by atoms with E-state index < -0.39 is 30.1 Å². The molecule has 0 bridgehead atoms. The van der Waals surface area contributed by atoms with Gasteiger partial charge in [-0.05, 0) is 43.3 Å². The number of anilines is 1. The minimum atomic E-state index is -2.65. The zero-order valence-electron chi connectivity index (χ0n) is 15.9. The first kappa shape index (κ1) is 22.7. The SMILES string of the molecule is Cc1nn(-c2ccc(F)cc2)c(Cl)c1C(=O)OCC(=O)Nc1ccccc1SC(F)F. The molecule has 0 fully saturated rings. The van der Waals surface area contributed by atoms with Crippen LogP contribution in [0.4, 0.5) is 18.9 Å². The summed E-state index contributed by atoms with van der Waals surface area (Å²) in [5, 5.41) is 6.52. The molecule has 162 valence electrons. The summed E-state index contributed by atoms with van der Waals surface area (Å²) in [6, 6.07) is 11.3. The fraction of sp³-hybridized carbons (Fsp3) is 0.150. The summed E-state index contributed by atoms with van der Waals surface area (Å²) in [4.78, 5) is 24.8. The summed E-state index contributed by atoms with van der Waals surface area (Å²) in [6.07, 6.45) is 0. The number of rotatable bonds is 7. The normalized spacial score (nSPS) is 10.9. The highest BCUT2D eigenvalue weighted by atomic mass is 35.5. The van der Waals surface area contributed by atoms with Crippen molar-refractivity contribution in [2.75, 3.05) is 11.9 Å². The number of hydrogen-bond acceptors (Lipinski definition) is 5. The molecule has 0 saturated heterocycles. The first-order valence-corrected chi connectivity index (χ1v) is 10.0. The molecule has 3 aromatic rings. The molecule has 6 nitrogen and oxygen atoms in total. The summed E-state index contributed by atoms with van der Waals surface area (Å²) >= 11 is 6.53. The van der Waals surface area contributed by atoms with Crippen molar-refractivity contribution in [3.05, 3.63) is 70.8 Å². The van der Waals surface area contributed by atoms with Crippen LogP contribution in [0.2, 0.25) is 5.15 Å². The molecule has 0 unspecified atom stereocenters. The second-order valence-electron chi connectivity index (χ2n) is 6.14. The Morgan fingerprint density at radius 1 is 1.19 bits per heavy atom. The largest absolute Gasteiger partial charge is 0.452 e. The number of benzene rings is 2. The summed E-state index contributed by atoms with van der Waals surface area (Å²) in [6.45, 7) is 0.865. The van der Waals surface area contributed by atoms with E-state index in [1.807, 2.05) is 0 Å². The summed E-state index contributed by atoms with van der Waals surface area (Å²) in [7, 11) is 0. The van der Waals surface area contributed by atoms with E-state index in [-0.39, 0.29) is 38.8 Å². The van der Waals surface area contributed by atoms with E-state index in [4.69, 9.17) is 16.3 Å². The smallest absolute Gasteiger partial charge is 0.343 e. The number of nitrogens with zero attached hydrogens (tertiary/aromatic N) is 2. The quantitative estimate of drug-likeness (QED) is 0.386. The van der Waals surface area contributed by atoms with Crippen molar-refractivity contribution >= 4 is 40.9 Å². The zero-order valence-corrected chi connectivity index (χ0v) is 17.5. The molecule has 11 heteroatoms. The van der Waals surface area contributed by atoms with Gasteiger partial charge >= 0.3 is 5.97 Å². The molecule has 0 spiro atoms. The highest BCUT2D eigenvalue weighted by molar-refractivity contribution is 7.99. The van der Waals surface area contributed by atoms with Gasteiger partial charge in [0.2, 0.25) is 0 Å². The fourth-order valence-electron chi connectivity index (χ4n) is 2.64. The van der Waals surface area contributed by atoms with Gasteiger partial charge in [0, 0.05) is 4.90 Å². The van der Waals surface area contributed by atoms with Crippen LogP contribution in [-0.4, -0.2) is 34.0 Å². The third-order valence-corrected chi connectivity index (χ3v) is 5.13. The number of esters is 1. The Labute approximate surface area is 184 Å². The van der Waals surface area contributed by atoms with Gasteiger partial charge in [0.25, 0.3) is 11.7 Å². The van der Waals surface area contributed by atoms with Gasteiger partial charge < -0.3 is 10.1 Å². The fourth-order valence-corrected chi connectivity index (χ4v) is 3.59. The molecule has 0 saturated carbocycles. The second kappa shape index (κ2) is 9.88. The minimum Gasteiger partial charge on any atom is -0.452 e. The van der Waals surface area contributed by atoms with Crippen molar-refractivity contribution in [1.82, 2.24) is 9.78 Å². The van der Waals surface area contributed by atoms with E-state index in [0.29, 0.717) is 5.69 Å². The van der Waals surface area contributed by atoms with Gasteiger partial charge in [-0.25, -0.2) is 13.9 Å². The van der Waals surface area contributed by atoms with Crippen molar-refractivity contribution < 1.29 is 27.5 Å². The number of carbonyl (C=O) groups excluding carboxylic acids is 2. The molecule has 1 N–H and O–H groups in total. The first-order valence-electron chi connectivity index (χ1n) is 8.78. The number of halogens is 4. The van der Waals surface area contributed by atoms with Crippen molar-refractivity contribution in [3.63, 3.8) is 0 Å². The van der Waals surface area contributed by atoms with Crippen molar-refractivity contribution in [2.45, 2.75) is 17.6 Å². The van der Waals surface area contributed by atoms with Gasteiger partial charge in [-0.3, -0.25) is 4.79 Å². The molecule has 1 aromatic heterocycles. The Balaban J connectivity index is 1.68. The molecular formula is C20H15ClF3N3O3S. The zero-order chi connectivity index (χ0) is 22.5. The van der Waals surface area contributed by atoms with Crippen LogP contribution in [0.25, 0.3) is 5.69 Å². The molecule has 2 aromatic carbocycles. The van der Waals surface area contributed by atoms with E-state index in [1.165, 1.54) is 48.0 Å². The molecule has 0 aliphatic rings. The molecule has 0 aliphatic carbocycles. The highest BCUT2D eigenvalue weighted by Gasteiger charge is 2.23. The Morgan fingerprint density at radius 2 is 1.87 bits per heavy atom. The number of alkyl halides is 2. The molecule has 0 radical (unpaired) electrons. The summed E-state index contributed by atoms with van der Waals surface area (Å²) < 4.78 is 44.7. The number of thioether (sulfide) groups is 1. The molecule has 31 heavy (non-hydrogen) atoms. The average Bonchev–Trinajstić information content (AvgIpc) is 3.02. The number of aryl methyl sites for hydroxylation is 1. The van der Waals surface area contributed by atoms with Crippen LogP contribution in [0, 0.1) is 12.7 Å². The number of carbonyl (C=O) groups is 2. The van der Waals surface area contributed by atoms with Crippen LogP contribution in [0.15, 0.2) is 53.4 Å². The Kier molecular flexibility index (Phi) is 7.24. The number of nitrogens with one attached hydrogen (secondary N) is 1. The lowest BCUT2D eigenvalue weighted by molar-refractivity contribution is -0.119. The predicted molar refractivity (Wildman–Crippen MR) is 110 cm³/mol. The molecular weight excluding hydrogens is 455 g/mol. The lowest BCUT2D eigenvalue weighted by Gasteiger charge is -2.10. The maximum absolute atomic E-state index is 13.1. The minimum absolute atomic E-state index is 0.0487. The summed E-state index contributed by atoms with van der Waals surface area (Å²) in [5.41, 5.74) is 0.803. The third kappa shape index (κ3) is 5.59. The van der Waals surface area contributed by atoms with Gasteiger partial charge in [-0.1, -0.05) is 35.5 Å². The Hall–Kier alpha value is -2.98. The maximum Gasteiger partial charge on any atom is 0.343 e. The molecule has 1 heterocycles. The van der Waals surface area contributed by atoms with E-state index in [9.17, 15) is 22.8 Å². The van der Waals surface area contributed by atoms with Gasteiger partial charge in [0.1, 0.15) is 16.5 Å². The highest BCUT2D eigenvalue weighted by Crippen LogP contribution is 2.31. The van der Waals surface area contributed by atoms with E-state index in [1.54, 1.807) is 12.1 Å². The molecule has 1 amide bonds. The van der Waals surface area contributed by atoms with Crippen LogP contribution in [0.3, 0.4) is 0 Å². The van der Waals surface area contributed by atoms with E-state index in [0.717, 1.165) is 0 Å². The third-order valence-electron chi connectivity index (χ3n) is 3.99. The van der Waals surface area contributed by atoms with Crippen molar-refractivity contribution in [1.29, 1.82) is 0 Å². The number of para-hydroxylation sites is 1.